The van der Waals surface area contributed by atoms with Gasteiger partial charge in [-0.05, 0) is 13.8 Å². The van der Waals surface area contributed by atoms with Gasteiger partial charge in [0.25, 0.3) is 0 Å². The van der Waals surface area contributed by atoms with Crippen LogP contribution in [0.4, 0.5) is 0 Å². The molecular weight excluding hydrogens is 413 g/mol. The average molecular weight is 435 g/mol. The molecule has 0 aliphatic heterocycles. The van der Waals surface area contributed by atoms with Crippen LogP contribution in [-0.2, 0) is 20.1 Å². The van der Waals surface area contributed by atoms with E-state index < -0.39 is 0 Å². The van der Waals surface area contributed by atoms with Gasteiger partial charge in [0.2, 0.25) is 0 Å². The Kier molecular flexibility index (Phi) is 7.73. The number of aromatic nitrogens is 4. The van der Waals surface area contributed by atoms with E-state index in [1.54, 1.807) is 22.3 Å². The van der Waals surface area contributed by atoms with Gasteiger partial charge < -0.3 is 10.2 Å². The van der Waals surface area contributed by atoms with Crippen LogP contribution in [0.5, 0.6) is 0 Å². The van der Waals surface area contributed by atoms with Crippen molar-refractivity contribution in [2.75, 3.05) is 13.6 Å². The molecule has 0 bridgehead atoms. The number of rotatable bonds is 5. The number of guanidine groups is 1. The molecule has 1 N–H and O–H groups in total. The number of hydrogen-bond acceptors (Lipinski definition) is 5. The predicted octanol–water partition coefficient (Wildman–Crippen LogP) is 1.80. The largest absolute Gasteiger partial charge is 0.357 e. The molecule has 0 fully saturated rings. The van der Waals surface area contributed by atoms with Gasteiger partial charge in [-0.1, -0.05) is 0 Å². The quantitative estimate of drug-likeness (QED) is 0.441. The first kappa shape index (κ1) is 18.8. The Labute approximate surface area is 151 Å². The topological polar surface area (TPSA) is 71.2 Å². The van der Waals surface area contributed by atoms with Gasteiger partial charge in [0, 0.05) is 31.7 Å². The fourth-order valence-corrected chi connectivity index (χ4v) is 2.55. The van der Waals surface area contributed by atoms with Crippen molar-refractivity contribution < 1.29 is 0 Å². The second kappa shape index (κ2) is 9.03. The zero-order chi connectivity index (χ0) is 15.2. The Hall–Kier alpha value is -1.23. The summed E-state index contributed by atoms with van der Waals surface area (Å²) < 4.78 is 1.77. The molecule has 122 valence electrons. The van der Waals surface area contributed by atoms with Gasteiger partial charge in [0.05, 0.1) is 13.1 Å². The smallest absolute Gasteiger partial charge is 0.194 e. The molecule has 0 amide bonds. The molecule has 0 aliphatic carbocycles. The van der Waals surface area contributed by atoms with Crippen molar-refractivity contribution in [2.45, 2.75) is 26.9 Å². The predicted molar refractivity (Wildman–Crippen MR) is 99.6 cm³/mol. The Balaban J connectivity index is 0.00000242. The highest BCUT2D eigenvalue weighted by Gasteiger charge is 2.10. The molecule has 0 saturated carbocycles. The fraction of sp³-hybridized carbons (Fsp3) is 0.538. The number of hydrogen-bond donors (Lipinski definition) is 1. The molecule has 0 saturated heterocycles. The molecule has 0 aromatic carbocycles. The zero-order valence-corrected chi connectivity index (χ0v) is 16.4. The number of aliphatic imine (C=N–C) groups is 1. The molecule has 9 heteroatoms. The second-order valence-electron chi connectivity index (χ2n) is 4.69. The normalized spacial score (nSPS) is 11.2. The first-order chi connectivity index (χ1) is 10.1. The van der Waals surface area contributed by atoms with Crippen LogP contribution in [-0.4, -0.2) is 44.2 Å². The highest BCUT2D eigenvalue weighted by Crippen LogP contribution is 2.12. The summed E-state index contributed by atoms with van der Waals surface area (Å²) >= 11 is 1.68. The van der Waals surface area contributed by atoms with E-state index in [4.69, 9.17) is 0 Å². The van der Waals surface area contributed by atoms with E-state index in [1.807, 2.05) is 25.2 Å². The van der Waals surface area contributed by atoms with Crippen LogP contribution in [0.25, 0.3) is 0 Å². The molecule has 2 rings (SSSR count). The molecule has 2 aromatic rings. The summed E-state index contributed by atoms with van der Waals surface area (Å²) in [5.74, 6) is 1.74. The number of halogens is 1. The van der Waals surface area contributed by atoms with Crippen LogP contribution >= 0.6 is 35.3 Å². The van der Waals surface area contributed by atoms with Crippen molar-refractivity contribution in [1.29, 1.82) is 0 Å². The van der Waals surface area contributed by atoms with E-state index in [-0.39, 0.29) is 24.0 Å². The van der Waals surface area contributed by atoms with Crippen LogP contribution < -0.4 is 5.32 Å². The van der Waals surface area contributed by atoms with Crippen LogP contribution in [0.1, 0.15) is 22.6 Å². The molecule has 7 nitrogen and oxygen atoms in total. The molecular formula is C13H22IN7S. The lowest BCUT2D eigenvalue weighted by Gasteiger charge is -2.21. The number of aryl methyl sites for hydroxylation is 2. The van der Waals surface area contributed by atoms with Crippen molar-refractivity contribution in [2.24, 2.45) is 12.0 Å². The second-order valence-corrected chi connectivity index (χ2v) is 6.01. The van der Waals surface area contributed by atoms with E-state index in [1.165, 1.54) is 4.88 Å². The standard InChI is InChI=1S/C13H21N7S.HI/c1-5-14-13(16-7-12-15-6-10(2)21-12)19(3)8-11-17-9-18-20(11)4;/h6,9H,5,7-8H2,1-4H3,(H,14,16);1H. The lowest BCUT2D eigenvalue weighted by atomic mass is 10.5. The van der Waals surface area contributed by atoms with Gasteiger partial charge in [0.1, 0.15) is 17.2 Å². The summed E-state index contributed by atoms with van der Waals surface area (Å²) in [6.45, 7) is 6.16. The lowest BCUT2D eigenvalue weighted by molar-refractivity contribution is 0.448. The third kappa shape index (κ3) is 5.20. The van der Waals surface area contributed by atoms with Crippen molar-refractivity contribution >= 4 is 41.3 Å². The highest BCUT2D eigenvalue weighted by atomic mass is 127. The minimum Gasteiger partial charge on any atom is -0.357 e. The van der Waals surface area contributed by atoms with E-state index in [0.717, 1.165) is 23.3 Å². The van der Waals surface area contributed by atoms with E-state index in [9.17, 15) is 0 Å². The lowest BCUT2D eigenvalue weighted by Crippen LogP contribution is -2.39. The maximum atomic E-state index is 4.63. The summed E-state index contributed by atoms with van der Waals surface area (Å²) in [4.78, 5) is 16.4. The molecule has 0 spiro atoms. The third-order valence-corrected chi connectivity index (χ3v) is 3.81. The van der Waals surface area contributed by atoms with E-state index >= 15 is 0 Å². The van der Waals surface area contributed by atoms with Crippen LogP contribution in [0.2, 0.25) is 0 Å². The first-order valence-corrected chi connectivity index (χ1v) is 7.65. The molecule has 0 unspecified atom stereocenters. The average Bonchev–Trinajstić information content (AvgIpc) is 3.04. The molecule has 22 heavy (non-hydrogen) atoms. The third-order valence-electron chi connectivity index (χ3n) is 2.91. The van der Waals surface area contributed by atoms with Crippen molar-refractivity contribution in [1.82, 2.24) is 30.0 Å². The summed E-state index contributed by atoms with van der Waals surface area (Å²) in [7, 11) is 3.88. The summed E-state index contributed by atoms with van der Waals surface area (Å²) in [6.07, 6.45) is 3.44. The Morgan fingerprint density at radius 3 is 2.77 bits per heavy atom. The van der Waals surface area contributed by atoms with Gasteiger partial charge in [-0.15, -0.1) is 35.3 Å². The van der Waals surface area contributed by atoms with E-state index in [0.29, 0.717) is 13.1 Å². The molecule has 2 aromatic heterocycles. The molecule has 0 aliphatic rings. The van der Waals surface area contributed by atoms with Gasteiger partial charge in [-0.3, -0.25) is 4.68 Å². The monoisotopic (exact) mass is 435 g/mol. The van der Waals surface area contributed by atoms with Crippen LogP contribution in [0, 0.1) is 6.92 Å². The fourth-order valence-electron chi connectivity index (χ4n) is 1.84. The van der Waals surface area contributed by atoms with Crippen LogP contribution in [0.3, 0.4) is 0 Å². The minimum absolute atomic E-state index is 0. The van der Waals surface area contributed by atoms with Crippen LogP contribution in [0.15, 0.2) is 17.5 Å². The molecule has 2 heterocycles. The van der Waals surface area contributed by atoms with Gasteiger partial charge in [-0.2, -0.15) is 5.10 Å². The van der Waals surface area contributed by atoms with Gasteiger partial charge >= 0.3 is 0 Å². The van der Waals surface area contributed by atoms with Gasteiger partial charge in [-0.25, -0.2) is 15.0 Å². The number of nitrogens with zero attached hydrogens (tertiary/aromatic N) is 6. The summed E-state index contributed by atoms with van der Waals surface area (Å²) in [5, 5.41) is 8.39. The number of nitrogens with one attached hydrogen (secondary N) is 1. The molecule has 0 radical (unpaired) electrons. The minimum atomic E-state index is 0. The Bertz CT molecular complexity index is 607. The number of thiazole rings is 1. The highest BCUT2D eigenvalue weighted by molar-refractivity contribution is 14.0. The molecule has 0 atom stereocenters. The summed E-state index contributed by atoms with van der Waals surface area (Å²) in [5.41, 5.74) is 0. The van der Waals surface area contributed by atoms with Crippen molar-refractivity contribution in [3.05, 3.63) is 28.2 Å². The van der Waals surface area contributed by atoms with E-state index in [2.05, 4.69) is 39.2 Å². The maximum absolute atomic E-state index is 4.63. The van der Waals surface area contributed by atoms with Gasteiger partial charge in [0.15, 0.2) is 5.96 Å². The van der Waals surface area contributed by atoms with Crippen molar-refractivity contribution in [3.8, 4) is 0 Å². The summed E-state index contributed by atoms with van der Waals surface area (Å²) in [6, 6.07) is 0. The first-order valence-electron chi connectivity index (χ1n) is 6.83. The SMILES string of the molecule is CCNC(=NCc1ncc(C)s1)N(C)Cc1ncnn1C.I. The van der Waals surface area contributed by atoms with Crippen molar-refractivity contribution in [3.63, 3.8) is 0 Å². The zero-order valence-electron chi connectivity index (χ0n) is 13.3. The Morgan fingerprint density at radius 2 is 2.23 bits per heavy atom. The maximum Gasteiger partial charge on any atom is 0.194 e. The Morgan fingerprint density at radius 1 is 1.45 bits per heavy atom.